The van der Waals surface area contributed by atoms with Crippen LogP contribution in [0.4, 0.5) is 0 Å². The summed E-state index contributed by atoms with van der Waals surface area (Å²) in [5, 5.41) is 2.41. The molecular formula is C54H40N4. The van der Waals surface area contributed by atoms with Crippen molar-refractivity contribution in [2.24, 2.45) is 4.99 Å². The second-order valence-electron chi connectivity index (χ2n) is 14.9. The molecule has 2 heterocycles. The van der Waals surface area contributed by atoms with Crippen LogP contribution in [0, 0.1) is 0 Å². The summed E-state index contributed by atoms with van der Waals surface area (Å²) in [5.74, 6) is 2.32. The summed E-state index contributed by atoms with van der Waals surface area (Å²) in [6.45, 7) is 0. The Kier molecular flexibility index (Phi) is 9.50. The molecule has 1 atom stereocenters. The van der Waals surface area contributed by atoms with Crippen LogP contribution in [-0.4, -0.2) is 20.7 Å². The maximum Gasteiger partial charge on any atom is 0.164 e. The number of hydrogen-bond donors (Lipinski definition) is 0. The second-order valence-corrected chi connectivity index (χ2v) is 14.9. The first-order valence-electron chi connectivity index (χ1n) is 20.0. The Balaban J connectivity index is 0.927. The summed E-state index contributed by atoms with van der Waals surface area (Å²) >= 11 is 0. The summed E-state index contributed by atoms with van der Waals surface area (Å²) in [6, 6.07) is 62.3. The zero-order chi connectivity index (χ0) is 38.7. The van der Waals surface area contributed by atoms with Gasteiger partial charge in [0.1, 0.15) is 0 Å². The summed E-state index contributed by atoms with van der Waals surface area (Å²) in [5.41, 5.74) is 13.4. The van der Waals surface area contributed by atoms with Gasteiger partial charge in [-0.1, -0.05) is 188 Å². The van der Waals surface area contributed by atoms with Crippen LogP contribution in [0.1, 0.15) is 47.7 Å². The van der Waals surface area contributed by atoms with Gasteiger partial charge in [-0.25, -0.2) is 15.0 Å². The maximum absolute atomic E-state index is 5.21. The molecule has 276 valence electrons. The highest BCUT2D eigenvalue weighted by molar-refractivity contribution is 6.05. The van der Waals surface area contributed by atoms with Crippen LogP contribution >= 0.6 is 0 Å². The zero-order valence-corrected chi connectivity index (χ0v) is 32.0. The Labute approximate surface area is 339 Å². The molecule has 0 saturated heterocycles. The minimum absolute atomic E-state index is 0.264. The summed E-state index contributed by atoms with van der Waals surface area (Å²) < 4.78 is 0. The quantitative estimate of drug-likeness (QED) is 0.156. The van der Waals surface area contributed by atoms with Gasteiger partial charge in [-0.3, -0.25) is 4.99 Å². The molecule has 10 rings (SSSR count). The third-order valence-corrected chi connectivity index (χ3v) is 11.1. The van der Waals surface area contributed by atoms with E-state index in [1.54, 1.807) is 0 Å². The van der Waals surface area contributed by atoms with Crippen molar-refractivity contribution in [1.29, 1.82) is 0 Å². The van der Waals surface area contributed by atoms with Gasteiger partial charge in [-0.05, 0) is 74.7 Å². The van der Waals surface area contributed by atoms with E-state index in [4.69, 9.17) is 19.9 Å². The van der Waals surface area contributed by atoms with Crippen molar-refractivity contribution in [3.05, 3.63) is 223 Å². The molecule has 0 saturated carbocycles. The molecule has 0 bridgehead atoms. The minimum Gasteiger partial charge on any atom is -0.252 e. The molecule has 0 amide bonds. The van der Waals surface area contributed by atoms with Crippen LogP contribution in [-0.2, 0) is 0 Å². The molecule has 8 aromatic rings. The van der Waals surface area contributed by atoms with E-state index in [2.05, 4.69) is 170 Å². The Bertz CT molecular complexity index is 2870. The lowest BCUT2D eigenvalue weighted by molar-refractivity contribution is 0.879. The smallest absolute Gasteiger partial charge is 0.164 e. The number of hydrogen-bond acceptors (Lipinski definition) is 4. The Morgan fingerprint density at radius 2 is 0.931 bits per heavy atom. The molecule has 0 radical (unpaired) electrons. The van der Waals surface area contributed by atoms with E-state index in [9.17, 15) is 0 Å². The van der Waals surface area contributed by atoms with E-state index < -0.39 is 0 Å². The molecule has 1 unspecified atom stereocenters. The van der Waals surface area contributed by atoms with Crippen LogP contribution in [0.2, 0.25) is 0 Å². The minimum atomic E-state index is 0.264. The molecule has 0 spiro atoms. The predicted octanol–water partition coefficient (Wildman–Crippen LogP) is 13.4. The normalized spacial score (nSPS) is 15.1. The molecule has 4 heteroatoms. The third kappa shape index (κ3) is 7.36. The molecular weight excluding hydrogens is 705 g/mol. The summed E-state index contributed by atoms with van der Waals surface area (Å²) in [7, 11) is 0. The number of benzene rings is 7. The molecule has 58 heavy (non-hydrogen) atoms. The average Bonchev–Trinajstić information content (AvgIpc) is 3.32. The fourth-order valence-corrected chi connectivity index (χ4v) is 7.95. The zero-order valence-electron chi connectivity index (χ0n) is 32.0. The van der Waals surface area contributed by atoms with Gasteiger partial charge < -0.3 is 0 Å². The van der Waals surface area contributed by atoms with Gasteiger partial charge in [0, 0.05) is 34.8 Å². The van der Waals surface area contributed by atoms with Gasteiger partial charge in [-0.15, -0.1) is 0 Å². The van der Waals surface area contributed by atoms with Crippen LogP contribution in [0.5, 0.6) is 0 Å². The molecule has 1 aromatic heterocycles. The van der Waals surface area contributed by atoms with Crippen molar-refractivity contribution < 1.29 is 0 Å². The predicted molar refractivity (Wildman–Crippen MR) is 240 cm³/mol. The molecule has 0 fully saturated rings. The lowest BCUT2D eigenvalue weighted by atomic mass is 9.87. The van der Waals surface area contributed by atoms with Gasteiger partial charge >= 0.3 is 0 Å². The number of fused-ring (bicyclic) bond motifs is 1. The topological polar surface area (TPSA) is 51.0 Å². The first-order valence-corrected chi connectivity index (χ1v) is 20.0. The number of aromatic nitrogens is 3. The van der Waals surface area contributed by atoms with Gasteiger partial charge in [0.05, 0.1) is 5.70 Å². The van der Waals surface area contributed by atoms with Gasteiger partial charge in [0.25, 0.3) is 0 Å². The lowest BCUT2D eigenvalue weighted by Gasteiger charge is -2.22. The monoisotopic (exact) mass is 744 g/mol. The molecule has 4 nitrogen and oxygen atoms in total. The van der Waals surface area contributed by atoms with Crippen LogP contribution < -0.4 is 0 Å². The van der Waals surface area contributed by atoms with E-state index in [0.29, 0.717) is 17.5 Å². The van der Waals surface area contributed by atoms with E-state index in [1.165, 1.54) is 33.0 Å². The van der Waals surface area contributed by atoms with Crippen LogP contribution in [0.25, 0.3) is 67.1 Å². The molecule has 0 N–H and O–H groups in total. The van der Waals surface area contributed by atoms with Crippen LogP contribution in [0.3, 0.4) is 0 Å². The molecule has 2 aliphatic rings. The van der Waals surface area contributed by atoms with Crippen molar-refractivity contribution in [2.75, 3.05) is 0 Å². The maximum atomic E-state index is 5.21. The Morgan fingerprint density at radius 1 is 0.414 bits per heavy atom. The van der Waals surface area contributed by atoms with Crippen molar-refractivity contribution >= 4 is 27.8 Å². The highest BCUT2D eigenvalue weighted by Gasteiger charge is 2.21. The Hall–Kier alpha value is -7.30. The van der Waals surface area contributed by atoms with E-state index in [0.717, 1.165) is 64.1 Å². The Morgan fingerprint density at radius 3 is 1.53 bits per heavy atom. The van der Waals surface area contributed by atoms with E-state index in [1.807, 2.05) is 30.3 Å². The van der Waals surface area contributed by atoms with E-state index >= 15 is 0 Å². The third-order valence-electron chi connectivity index (χ3n) is 11.1. The largest absolute Gasteiger partial charge is 0.252 e. The van der Waals surface area contributed by atoms with Crippen molar-refractivity contribution in [2.45, 2.75) is 25.2 Å². The van der Waals surface area contributed by atoms with Gasteiger partial charge in [-0.2, -0.15) is 0 Å². The van der Waals surface area contributed by atoms with Crippen LogP contribution in [0.15, 0.2) is 205 Å². The first-order chi connectivity index (χ1) is 28.7. The molecule has 7 aromatic carbocycles. The number of allylic oxidation sites excluding steroid dienone is 5. The number of aliphatic imine (C=N–C) groups is 1. The summed E-state index contributed by atoms with van der Waals surface area (Å²) in [4.78, 5) is 20.0. The fourth-order valence-electron chi connectivity index (χ4n) is 7.95. The van der Waals surface area contributed by atoms with Crippen molar-refractivity contribution in [3.63, 3.8) is 0 Å². The van der Waals surface area contributed by atoms with E-state index in [-0.39, 0.29) is 5.92 Å². The fraction of sp³-hybridized carbons (Fsp3) is 0.0741. The SMILES string of the molecule is C1=CC(c2nc(-c3ccccc3)nc(-c3ccc(-c4ccc5ccc(-c6ccc(C7=CC(c8ccccc8)CC(c8ccccc8)=N7)cc6)cc5c4)cc3)n2)=CCC1. The number of rotatable bonds is 8. The van der Waals surface area contributed by atoms with Crippen molar-refractivity contribution in [1.82, 2.24) is 15.0 Å². The highest BCUT2D eigenvalue weighted by atomic mass is 15.0. The average molecular weight is 745 g/mol. The highest BCUT2D eigenvalue weighted by Crippen LogP contribution is 2.35. The van der Waals surface area contributed by atoms with Crippen molar-refractivity contribution in [3.8, 4) is 45.0 Å². The first kappa shape index (κ1) is 35.1. The number of nitrogens with zero attached hydrogens (tertiary/aromatic N) is 4. The van der Waals surface area contributed by atoms with Gasteiger partial charge in [0.15, 0.2) is 17.5 Å². The lowest BCUT2D eigenvalue weighted by Crippen LogP contribution is -2.12. The molecule has 1 aliphatic heterocycles. The second kappa shape index (κ2) is 15.7. The summed E-state index contributed by atoms with van der Waals surface area (Å²) in [6.07, 6.45) is 11.8. The van der Waals surface area contributed by atoms with Gasteiger partial charge in [0.2, 0.25) is 0 Å². The molecule has 1 aliphatic carbocycles. The standard InChI is InChI=1S/C54H40N4/c1-5-13-37(14-6-1)49-35-50(41-15-7-2-8-16-41)55-51(36-49)42-27-21-38(22-28-42)46-31-25-40-26-32-47(34-48(40)33-46)39-23-29-45(30-24-39)54-57-52(43-17-9-3-10-18-43)56-53(58-54)44-19-11-4-12-20-44/h1-3,5-11,13-34,36,49H,4,12,35H2.